The summed E-state index contributed by atoms with van der Waals surface area (Å²) in [6, 6.07) is 4.54. The highest BCUT2D eigenvalue weighted by Gasteiger charge is 2.20. The lowest BCUT2D eigenvalue weighted by molar-refractivity contribution is 0.125. The largest absolute Gasteiger partial charge is 0.392 e. The average Bonchev–Trinajstić information content (AvgIpc) is 2.25. The van der Waals surface area contributed by atoms with Crippen molar-refractivity contribution >= 4 is 10.0 Å². The van der Waals surface area contributed by atoms with Crippen LogP contribution in [0, 0.1) is 11.2 Å². The van der Waals surface area contributed by atoms with Gasteiger partial charge in [0.15, 0.2) is 0 Å². The van der Waals surface area contributed by atoms with Crippen LogP contribution in [0.1, 0.15) is 27.2 Å². The maximum Gasteiger partial charge on any atom is 0.240 e. The molecule has 0 saturated carbocycles. The van der Waals surface area contributed by atoms with Crippen molar-refractivity contribution in [1.29, 1.82) is 0 Å². The first kappa shape index (κ1) is 16.1. The van der Waals surface area contributed by atoms with Gasteiger partial charge in [-0.15, -0.1) is 0 Å². The molecule has 0 amide bonds. The lowest BCUT2D eigenvalue weighted by Crippen LogP contribution is -2.34. The molecule has 1 rings (SSSR count). The summed E-state index contributed by atoms with van der Waals surface area (Å²) < 4.78 is 38.8. The number of sulfonamides is 1. The molecule has 2 N–H and O–H groups in total. The van der Waals surface area contributed by atoms with E-state index in [-0.39, 0.29) is 16.9 Å². The van der Waals surface area contributed by atoms with Crippen LogP contribution in [-0.4, -0.2) is 26.2 Å². The molecule has 0 aliphatic rings. The Hall–Kier alpha value is -0.980. The van der Waals surface area contributed by atoms with Crippen molar-refractivity contribution in [2.75, 3.05) is 6.54 Å². The summed E-state index contributed by atoms with van der Waals surface area (Å²) in [5.74, 6) is -0.494. The van der Waals surface area contributed by atoms with E-state index in [1.54, 1.807) is 0 Å². The Balaban J connectivity index is 2.63. The smallest absolute Gasteiger partial charge is 0.240 e. The summed E-state index contributed by atoms with van der Waals surface area (Å²) in [6.07, 6.45) is -0.269. The van der Waals surface area contributed by atoms with Crippen LogP contribution >= 0.6 is 0 Å². The van der Waals surface area contributed by atoms with Gasteiger partial charge in [0.1, 0.15) is 5.82 Å². The first-order valence-electron chi connectivity index (χ1n) is 6.03. The van der Waals surface area contributed by atoms with Gasteiger partial charge in [0.25, 0.3) is 0 Å². The molecule has 0 aliphatic heterocycles. The summed E-state index contributed by atoms with van der Waals surface area (Å²) in [7, 11) is -3.70. The monoisotopic (exact) mass is 289 g/mol. The number of benzene rings is 1. The molecule has 108 valence electrons. The average molecular weight is 289 g/mol. The first-order valence-corrected chi connectivity index (χ1v) is 7.52. The highest BCUT2D eigenvalue weighted by molar-refractivity contribution is 7.89. The van der Waals surface area contributed by atoms with Gasteiger partial charge in [-0.25, -0.2) is 17.5 Å². The second-order valence-corrected chi connectivity index (χ2v) is 7.49. The Morgan fingerprint density at radius 2 is 1.79 bits per heavy atom. The zero-order chi connectivity index (χ0) is 14.7. The van der Waals surface area contributed by atoms with Crippen LogP contribution in [0.5, 0.6) is 0 Å². The van der Waals surface area contributed by atoms with Gasteiger partial charge in [-0.2, -0.15) is 0 Å². The van der Waals surface area contributed by atoms with Crippen molar-refractivity contribution in [3.8, 4) is 0 Å². The number of aliphatic hydroxyl groups is 1. The van der Waals surface area contributed by atoms with Crippen LogP contribution in [-0.2, 0) is 10.0 Å². The van der Waals surface area contributed by atoms with E-state index in [0.717, 1.165) is 12.1 Å². The number of hydrogen-bond donors (Lipinski definition) is 2. The summed E-state index contributed by atoms with van der Waals surface area (Å²) in [6.45, 7) is 5.83. The molecule has 1 aromatic rings. The summed E-state index contributed by atoms with van der Waals surface area (Å²) in [5, 5.41) is 9.75. The van der Waals surface area contributed by atoms with Crippen molar-refractivity contribution in [2.24, 2.45) is 5.41 Å². The zero-order valence-electron chi connectivity index (χ0n) is 11.4. The summed E-state index contributed by atoms with van der Waals surface area (Å²) in [4.78, 5) is -0.0168. The van der Waals surface area contributed by atoms with E-state index in [2.05, 4.69) is 4.72 Å². The maximum atomic E-state index is 12.7. The minimum Gasteiger partial charge on any atom is -0.392 e. The van der Waals surface area contributed by atoms with Crippen molar-refractivity contribution in [1.82, 2.24) is 4.72 Å². The fourth-order valence-electron chi connectivity index (χ4n) is 1.68. The number of halogens is 1. The highest BCUT2D eigenvalue weighted by Crippen LogP contribution is 2.20. The third-order valence-electron chi connectivity index (χ3n) is 2.48. The van der Waals surface area contributed by atoms with Gasteiger partial charge in [-0.3, -0.25) is 0 Å². The Bertz CT molecular complexity index is 506. The molecule has 0 radical (unpaired) electrons. The van der Waals surface area contributed by atoms with Gasteiger partial charge in [-0.1, -0.05) is 20.8 Å². The summed E-state index contributed by atoms with van der Waals surface area (Å²) >= 11 is 0. The molecule has 0 heterocycles. The Kier molecular flexibility index (Phi) is 5.06. The Morgan fingerprint density at radius 1 is 1.26 bits per heavy atom. The van der Waals surface area contributed by atoms with Crippen LogP contribution in [0.4, 0.5) is 4.39 Å². The van der Waals surface area contributed by atoms with Crippen LogP contribution in [0.15, 0.2) is 29.2 Å². The van der Waals surface area contributed by atoms with Crippen molar-refractivity contribution in [3.05, 3.63) is 30.1 Å². The molecule has 0 bridgehead atoms. The lowest BCUT2D eigenvalue weighted by atomic mass is 9.89. The SMILES string of the molecule is CC(C)(C)CC(O)CNS(=O)(=O)c1ccc(F)cc1. The molecule has 0 fully saturated rings. The fraction of sp³-hybridized carbons (Fsp3) is 0.538. The third-order valence-corrected chi connectivity index (χ3v) is 3.92. The Labute approximate surface area is 113 Å². The molecule has 0 saturated heterocycles. The molecule has 1 atom stereocenters. The van der Waals surface area contributed by atoms with E-state index in [1.165, 1.54) is 12.1 Å². The quantitative estimate of drug-likeness (QED) is 0.870. The topological polar surface area (TPSA) is 66.4 Å². The minimum absolute atomic E-state index is 0.0168. The van der Waals surface area contributed by atoms with E-state index in [4.69, 9.17) is 0 Å². The molecule has 4 nitrogen and oxygen atoms in total. The van der Waals surface area contributed by atoms with E-state index in [9.17, 15) is 17.9 Å². The Morgan fingerprint density at radius 3 is 2.26 bits per heavy atom. The van der Waals surface area contributed by atoms with Gasteiger partial charge in [0.05, 0.1) is 11.0 Å². The molecule has 0 aliphatic carbocycles. The maximum absolute atomic E-state index is 12.7. The molecule has 0 aromatic heterocycles. The molecular weight excluding hydrogens is 269 g/mol. The lowest BCUT2D eigenvalue weighted by Gasteiger charge is -2.22. The second-order valence-electron chi connectivity index (χ2n) is 5.72. The second kappa shape index (κ2) is 5.98. The van der Waals surface area contributed by atoms with Gasteiger partial charge < -0.3 is 5.11 Å². The molecular formula is C13H20FNO3S. The number of rotatable bonds is 5. The van der Waals surface area contributed by atoms with Gasteiger partial charge >= 0.3 is 0 Å². The number of nitrogens with one attached hydrogen (secondary N) is 1. The third kappa shape index (κ3) is 5.67. The van der Waals surface area contributed by atoms with Crippen molar-refractivity contribution in [3.63, 3.8) is 0 Å². The normalized spacial score (nSPS) is 14.4. The zero-order valence-corrected chi connectivity index (χ0v) is 12.2. The molecule has 6 heteroatoms. The minimum atomic E-state index is -3.70. The summed E-state index contributed by atoms with van der Waals surface area (Å²) in [5.41, 5.74) is -0.0826. The predicted octanol–water partition coefficient (Wildman–Crippen LogP) is 1.90. The van der Waals surface area contributed by atoms with Gasteiger partial charge in [-0.05, 0) is 36.1 Å². The predicted molar refractivity (Wildman–Crippen MR) is 71.7 cm³/mol. The standard InChI is InChI=1S/C13H20FNO3S/c1-13(2,3)8-11(16)9-15-19(17,18)12-6-4-10(14)5-7-12/h4-7,11,15-16H,8-9H2,1-3H3. The fourth-order valence-corrected chi connectivity index (χ4v) is 2.75. The first-order chi connectivity index (χ1) is 8.60. The molecule has 0 spiro atoms. The van der Waals surface area contributed by atoms with Gasteiger partial charge in [0, 0.05) is 6.54 Å². The van der Waals surface area contributed by atoms with Crippen LogP contribution < -0.4 is 4.72 Å². The van der Waals surface area contributed by atoms with E-state index >= 15 is 0 Å². The van der Waals surface area contributed by atoms with E-state index in [0.29, 0.717) is 6.42 Å². The van der Waals surface area contributed by atoms with Crippen LogP contribution in [0.25, 0.3) is 0 Å². The highest BCUT2D eigenvalue weighted by atomic mass is 32.2. The van der Waals surface area contributed by atoms with E-state index < -0.39 is 21.9 Å². The molecule has 1 unspecified atom stereocenters. The van der Waals surface area contributed by atoms with Crippen molar-refractivity contribution in [2.45, 2.75) is 38.2 Å². The van der Waals surface area contributed by atoms with Gasteiger partial charge in [0.2, 0.25) is 10.0 Å². The van der Waals surface area contributed by atoms with E-state index in [1.807, 2.05) is 20.8 Å². The number of aliphatic hydroxyl groups excluding tert-OH is 1. The molecule has 1 aromatic carbocycles. The van der Waals surface area contributed by atoms with Crippen molar-refractivity contribution < 1.29 is 17.9 Å². The number of hydrogen-bond acceptors (Lipinski definition) is 3. The van der Waals surface area contributed by atoms with Crippen LogP contribution in [0.3, 0.4) is 0 Å². The molecule has 19 heavy (non-hydrogen) atoms. The van der Waals surface area contributed by atoms with Crippen LogP contribution in [0.2, 0.25) is 0 Å².